The van der Waals surface area contributed by atoms with Crippen LogP contribution in [0, 0.1) is 11.8 Å². The van der Waals surface area contributed by atoms with E-state index in [2.05, 4.69) is 41.5 Å². The Labute approximate surface area is 658 Å². The number of unbranched alkanes of at least 4 members (excludes halogenated alkanes) is 57. The molecule has 0 rings (SSSR count). The summed E-state index contributed by atoms with van der Waals surface area (Å²) in [6.45, 7) is 9.72. The van der Waals surface area contributed by atoms with Gasteiger partial charge in [0.05, 0.1) is 26.4 Å². The Morgan fingerprint density at radius 1 is 0.252 bits per heavy atom. The summed E-state index contributed by atoms with van der Waals surface area (Å²) in [5, 5.41) is 10.7. The Hall–Kier alpha value is -1.94. The molecule has 0 saturated heterocycles. The van der Waals surface area contributed by atoms with Crippen molar-refractivity contribution in [3.63, 3.8) is 0 Å². The molecular formula is C88H172O17P2. The second kappa shape index (κ2) is 79.3. The Bertz CT molecular complexity index is 2050. The minimum absolute atomic E-state index is 0.108. The maximum Gasteiger partial charge on any atom is 0.472 e. The van der Waals surface area contributed by atoms with Gasteiger partial charge in [-0.15, -0.1) is 0 Å². The number of carbonyl (C=O) groups excluding carboxylic acids is 4. The van der Waals surface area contributed by atoms with Crippen LogP contribution in [-0.4, -0.2) is 96.7 Å². The van der Waals surface area contributed by atoms with Gasteiger partial charge in [-0.2, -0.15) is 0 Å². The summed E-state index contributed by atoms with van der Waals surface area (Å²) in [7, 11) is -9.93. The van der Waals surface area contributed by atoms with Gasteiger partial charge in [0.15, 0.2) is 12.2 Å². The fourth-order valence-electron chi connectivity index (χ4n) is 13.8. The Balaban J connectivity index is 5.20. The van der Waals surface area contributed by atoms with Crippen molar-refractivity contribution in [1.29, 1.82) is 0 Å². The number of esters is 4. The largest absolute Gasteiger partial charge is 0.472 e. The van der Waals surface area contributed by atoms with Crippen molar-refractivity contribution in [2.24, 2.45) is 11.8 Å². The maximum absolute atomic E-state index is 13.2. The van der Waals surface area contributed by atoms with E-state index < -0.39 is 97.5 Å². The highest BCUT2D eigenvalue weighted by Gasteiger charge is 2.30. The van der Waals surface area contributed by atoms with Gasteiger partial charge in [-0.05, 0) is 37.5 Å². The normalized spacial score (nSPS) is 13.8. The van der Waals surface area contributed by atoms with Crippen LogP contribution < -0.4 is 0 Å². The molecular weight excluding hydrogens is 1390 g/mol. The first-order valence-corrected chi connectivity index (χ1v) is 48.5. The number of ether oxygens (including phenoxy) is 4. The smallest absolute Gasteiger partial charge is 0.462 e. The van der Waals surface area contributed by atoms with Crippen molar-refractivity contribution in [2.45, 2.75) is 490 Å². The lowest BCUT2D eigenvalue weighted by atomic mass is 10.0. The monoisotopic (exact) mass is 1560 g/mol. The molecule has 0 saturated carbocycles. The second-order valence-electron chi connectivity index (χ2n) is 32.6. The summed E-state index contributed by atoms with van der Waals surface area (Å²) >= 11 is 0. The third-order valence-corrected chi connectivity index (χ3v) is 22.6. The molecule has 3 N–H and O–H groups in total. The van der Waals surface area contributed by atoms with E-state index in [4.69, 9.17) is 37.0 Å². The van der Waals surface area contributed by atoms with E-state index in [9.17, 15) is 43.2 Å². The lowest BCUT2D eigenvalue weighted by Gasteiger charge is -2.21. The Kier molecular flexibility index (Phi) is 77.9. The second-order valence-corrected chi connectivity index (χ2v) is 35.5. The summed E-state index contributed by atoms with van der Waals surface area (Å²) in [6.07, 6.45) is 72.3. The molecule has 5 atom stereocenters. The number of carbonyl (C=O) groups is 4. The molecule has 0 radical (unpaired) electrons. The summed E-state index contributed by atoms with van der Waals surface area (Å²) in [4.78, 5) is 73.2. The molecule has 636 valence electrons. The molecule has 0 aromatic carbocycles. The molecule has 0 heterocycles. The van der Waals surface area contributed by atoms with Crippen LogP contribution in [0.4, 0.5) is 0 Å². The Morgan fingerprint density at radius 3 is 0.636 bits per heavy atom. The number of hydrogen-bond donors (Lipinski definition) is 3. The molecule has 0 aliphatic heterocycles. The van der Waals surface area contributed by atoms with Gasteiger partial charge < -0.3 is 33.8 Å². The van der Waals surface area contributed by atoms with Crippen LogP contribution in [0.5, 0.6) is 0 Å². The summed E-state index contributed by atoms with van der Waals surface area (Å²) in [6, 6.07) is 0. The van der Waals surface area contributed by atoms with Crippen molar-refractivity contribution in [3.8, 4) is 0 Å². The topological polar surface area (TPSA) is 237 Å². The number of aliphatic hydroxyl groups is 1. The van der Waals surface area contributed by atoms with Crippen molar-refractivity contribution in [3.05, 3.63) is 0 Å². The Morgan fingerprint density at radius 2 is 0.430 bits per heavy atom. The average Bonchev–Trinajstić information content (AvgIpc) is 0.901. The molecule has 0 spiro atoms. The van der Waals surface area contributed by atoms with E-state index >= 15 is 0 Å². The summed E-state index contributed by atoms with van der Waals surface area (Å²) in [5.41, 5.74) is 0. The highest BCUT2D eigenvalue weighted by Crippen LogP contribution is 2.45. The first-order valence-electron chi connectivity index (χ1n) is 45.5. The quantitative estimate of drug-likeness (QED) is 0.0222. The molecule has 17 nitrogen and oxygen atoms in total. The zero-order valence-electron chi connectivity index (χ0n) is 70.5. The molecule has 2 unspecified atom stereocenters. The van der Waals surface area contributed by atoms with E-state index in [0.29, 0.717) is 25.7 Å². The van der Waals surface area contributed by atoms with Gasteiger partial charge in [-0.1, -0.05) is 420 Å². The van der Waals surface area contributed by atoms with Gasteiger partial charge in [0.1, 0.15) is 19.3 Å². The zero-order valence-corrected chi connectivity index (χ0v) is 72.2. The fourth-order valence-corrected chi connectivity index (χ4v) is 15.4. The van der Waals surface area contributed by atoms with Crippen molar-refractivity contribution >= 4 is 39.5 Å². The van der Waals surface area contributed by atoms with E-state index in [-0.39, 0.29) is 25.7 Å². The number of phosphoric acid groups is 2. The van der Waals surface area contributed by atoms with Gasteiger partial charge >= 0.3 is 39.5 Å². The van der Waals surface area contributed by atoms with Crippen LogP contribution in [0.2, 0.25) is 0 Å². The van der Waals surface area contributed by atoms with Crippen LogP contribution in [-0.2, 0) is 65.4 Å². The lowest BCUT2D eigenvalue weighted by molar-refractivity contribution is -0.161. The number of aliphatic hydroxyl groups excluding tert-OH is 1. The van der Waals surface area contributed by atoms with E-state index in [1.165, 1.54) is 289 Å². The molecule has 19 heteroatoms. The number of hydrogen-bond acceptors (Lipinski definition) is 15. The molecule has 0 aliphatic carbocycles. The van der Waals surface area contributed by atoms with E-state index in [1.54, 1.807) is 0 Å². The SMILES string of the molecule is CCCCCCCCCCCCCCCCCCCCCCCC(=O)O[C@H](COC(=O)CCCCCCCCCCCCCCCCCCC(C)C)COP(=O)(O)OC[C@@H](O)COP(=O)(O)OC[C@@H](COC(=O)CCCCCCCCCCC)OC(=O)CCCCCCCCCCCCCCCCCC(C)C. The van der Waals surface area contributed by atoms with Crippen molar-refractivity contribution in [1.82, 2.24) is 0 Å². The lowest BCUT2D eigenvalue weighted by Crippen LogP contribution is -2.30. The number of rotatable bonds is 87. The molecule has 0 amide bonds. The average molecular weight is 1560 g/mol. The molecule has 0 aromatic rings. The van der Waals surface area contributed by atoms with Crippen molar-refractivity contribution in [2.75, 3.05) is 39.6 Å². The third-order valence-electron chi connectivity index (χ3n) is 20.7. The van der Waals surface area contributed by atoms with Crippen LogP contribution in [0.15, 0.2) is 0 Å². The number of phosphoric ester groups is 2. The van der Waals surface area contributed by atoms with E-state index in [0.717, 1.165) is 102 Å². The first kappa shape index (κ1) is 105. The first-order chi connectivity index (χ1) is 51.9. The van der Waals surface area contributed by atoms with Crippen LogP contribution in [0.3, 0.4) is 0 Å². The minimum Gasteiger partial charge on any atom is -0.462 e. The van der Waals surface area contributed by atoms with Crippen molar-refractivity contribution < 1.29 is 80.2 Å². The van der Waals surface area contributed by atoms with Crippen LogP contribution >= 0.6 is 15.6 Å². The maximum atomic E-state index is 13.2. The van der Waals surface area contributed by atoms with Crippen LogP contribution in [0.25, 0.3) is 0 Å². The molecule has 0 aromatic heterocycles. The van der Waals surface area contributed by atoms with Gasteiger partial charge in [0, 0.05) is 25.7 Å². The summed E-state index contributed by atoms with van der Waals surface area (Å²) in [5.74, 6) is -0.485. The molecule has 0 fully saturated rings. The van der Waals surface area contributed by atoms with E-state index in [1.807, 2.05) is 0 Å². The van der Waals surface area contributed by atoms with Gasteiger partial charge in [0.2, 0.25) is 0 Å². The molecule has 107 heavy (non-hydrogen) atoms. The summed E-state index contributed by atoms with van der Waals surface area (Å²) < 4.78 is 68.9. The highest BCUT2D eigenvalue weighted by molar-refractivity contribution is 7.47. The van der Waals surface area contributed by atoms with Gasteiger partial charge in [0.25, 0.3) is 0 Å². The van der Waals surface area contributed by atoms with Gasteiger partial charge in [-0.25, -0.2) is 9.13 Å². The molecule has 0 bridgehead atoms. The van der Waals surface area contributed by atoms with Gasteiger partial charge in [-0.3, -0.25) is 37.3 Å². The highest BCUT2D eigenvalue weighted by atomic mass is 31.2. The minimum atomic E-state index is -4.97. The zero-order chi connectivity index (χ0) is 78.5. The predicted octanol–water partition coefficient (Wildman–Crippen LogP) is 27.0. The fraction of sp³-hybridized carbons (Fsp3) is 0.955. The van der Waals surface area contributed by atoms with Crippen LogP contribution in [0.1, 0.15) is 472 Å². The predicted molar refractivity (Wildman–Crippen MR) is 442 cm³/mol. The third kappa shape index (κ3) is 81.9. The molecule has 0 aliphatic rings. The standard InChI is InChI=1S/C88H172O17P2/c1-7-9-11-13-15-17-18-19-20-21-22-23-24-25-32-37-42-48-54-60-66-72-88(93)105-84(77-99-86(91)71-65-59-53-47-41-36-31-27-26-29-34-39-45-50-56-62-68-80(3)4)79-103-107(96,97)101-75-82(89)74-100-106(94,95)102-78-83(76-98-85(90)70-64-58-52-44-16-14-12-10-8-2)104-87(92)73-67-61-55-49-43-38-33-28-30-35-40-46-51-57-63-69-81(5)6/h80-84,89H,7-79H2,1-6H3,(H,94,95)(H,96,97)/t82-,83+,84+/m0/s1.